The molecular formula is C15H20N2O3. The SMILES string of the molecule is NC(=O)C1(CC2CC2)CCN(C(=O)c2ccco2)CC1. The fraction of sp³-hybridized carbons (Fsp3) is 0.600. The molecule has 0 spiro atoms. The Hall–Kier alpha value is -1.78. The van der Waals surface area contributed by atoms with E-state index >= 15 is 0 Å². The van der Waals surface area contributed by atoms with Crippen molar-refractivity contribution in [2.75, 3.05) is 13.1 Å². The van der Waals surface area contributed by atoms with Crippen LogP contribution < -0.4 is 5.73 Å². The predicted octanol–water partition coefficient (Wildman–Crippen LogP) is 1.79. The highest BCUT2D eigenvalue weighted by molar-refractivity contribution is 5.91. The fourth-order valence-electron chi connectivity index (χ4n) is 3.12. The van der Waals surface area contributed by atoms with Gasteiger partial charge in [-0.1, -0.05) is 12.8 Å². The molecule has 1 saturated heterocycles. The van der Waals surface area contributed by atoms with Crippen molar-refractivity contribution in [1.82, 2.24) is 4.90 Å². The molecule has 1 saturated carbocycles. The van der Waals surface area contributed by atoms with Crippen LogP contribution in [0.2, 0.25) is 0 Å². The Morgan fingerprint density at radius 1 is 1.35 bits per heavy atom. The normalized spacial score (nSPS) is 21.7. The molecule has 2 N–H and O–H groups in total. The molecule has 5 nitrogen and oxygen atoms in total. The van der Waals surface area contributed by atoms with Crippen molar-refractivity contribution in [2.24, 2.45) is 17.1 Å². The number of hydrogen-bond donors (Lipinski definition) is 1. The van der Waals surface area contributed by atoms with Crippen LogP contribution in [0.15, 0.2) is 22.8 Å². The van der Waals surface area contributed by atoms with Gasteiger partial charge in [0.05, 0.1) is 11.7 Å². The van der Waals surface area contributed by atoms with Crippen LogP contribution in [0.25, 0.3) is 0 Å². The minimum atomic E-state index is -0.402. The Morgan fingerprint density at radius 2 is 2.05 bits per heavy atom. The van der Waals surface area contributed by atoms with Gasteiger partial charge in [-0.2, -0.15) is 0 Å². The topological polar surface area (TPSA) is 76.5 Å². The molecular weight excluding hydrogens is 256 g/mol. The monoisotopic (exact) mass is 276 g/mol. The maximum atomic E-state index is 12.2. The number of hydrogen-bond acceptors (Lipinski definition) is 3. The van der Waals surface area contributed by atoms with Crippen molar-refractivity contribution in [3.05, 3.63) is 24.2 Å². The first kappa shape index (κ1) is 13.2. The standard InChI is InChI=1S/C15H20N2O3/c16-14(19)15(10-11-3-4-11)5-7-17(8-6-15)13(18)12-2-1-9-20-12/h1-2,9,11H,3-8,10H2,(H2,16,19). The van der Waals surface area contributed by atoms with E-state index in [1.807, 2.05) is 0 Å². The maximum Gasteiger partial charge on any atom is 0.289 e. The first-order valence-corrected chi connectivity index (χ1v) is 7.23. The highest BCUT2D eigenvalue weighted by Gasteiger charge is 2.44. The summed E-state index contributed by atoms with van der Waals surface area (Å²) < 4.78 is 5.14. The number of amides is 2. The average Bonchev–Trinajstić information content (AvgIpc) is 3.08. The first-order valence-electron chi connectivity index (χ1n) is 7.23. The molecule has 1 aromatic heterocycles. The van der Waals surface area contributed by atoms with Crippen LogP contribution in [0.3, 0.4) is 0 Å². The molecule has 20 heavy (non-hydrogen) atoms. The molecule has 2 aliphatic rings. The Bertz CT molecular complexity index is 497. The minimum absolute atomic E-state index is 0.0977. The number of piperidine rings is 1. The number of nitrogens with two attached hydrogens (primary N) is 1. The summed E-state index contributed by atoms with van der Waals surface area (Å²) in [5, 5.41) is 0. The van der Waals surface area contributed by atoms with Crippen molar-refractivity contribution in [3.8, 4) is 0 Å². The number of carbonyl (C=O) groups excluding carboxylic acids is 2. The van der Waals surface area contributed by atoms with E-state index in [2.05, 4.69) is 0 Å². The highest BCUT2D eigenvalue weighted by Crippen LogP contribution is 2.45. The molecule has 2 amide bonds. The van der Waals surface area contributed by atoms with Gasteiger partial charge >= 0.3 is 0 Å². The first-order chi connectivity index (χ1) is 9.61. The summed E-state index contributed by atoms with van der Waals surface area (Å²) >= 11 is 0. The minimum Gasteiger partial charge on any atom is -0.459 e. The zero-order valence-corrected chi connectivity index (χ0v) is 11.5. The summed E-state index contributed by atoms with van der Waals surface area (Å²) in [6.07, 6.45) is 6.16. The number of nitrogens with zero attached hydrogens (tertiary/aromatic N) is 1. The summed E-state index contributed by atoms with van der Waals surface area (Å²) in [7, 11) is 0. The summed E-state index contributed by atoms with van der Waals surface area (Å²) in [4.78, 5) is 25.8. The van der Waals surface area contributed by atoms with E-state index in [4.69, 9.17) is 10.2 Å². The second-order valence-corrected chi connectivity index (χ2v) is 6.06. The second kappa shape index (κ2) is 4.96. The molecule has 2 heterocycles. The van der Waals surface area contributed by atoms with Gasteiger partial charge in [-0.05, 0) is 37.3 Å². The molecule has 1 aliphatic carbocycles. The van der Waals surface area contributed by atoms with E-state index in [0.717, 1.165) is 6.42 Å². The molecule has 0 atom stereocenters. The average molecular weight is 276 g/mol. The predicted molar refractivity (Wildman–Crippen MR) is 72.8 cm³/mol. The summed E-state index contributed by atoms with van der Waals surface area (Å²) in [6, 6.07) is 3.38. The van der Waals surface area contributed by atoms with Crippen molar-refractivity contribution in [3.63, 3.8) is 0 Å². The number of rotatable bonds is 4. The summed E-state index contributed by atoms with van der Waals surface area (Å²) in [5.41, 5.74) is 5.23. The third kappa shape index (κ3) is 2.44. The lowest BCUT2D eigenvalue weighted by atomic mass is 9.73. The quantitative estimate of drug-likeness (QED) is 0.910. The van der Waals surface area contributed by atoms with Gasteiger partial charge < -0.3 is 15.1 Å². The van der Waals surface area contributed by atoms with Crippen molar-refractivity contribution >= 4 is 11.8 Å². The van der Waals surface area contributed by atoms with Crippen molar-refractivity contribution < 1.29 is 14.0 Å². The van der Waals surface area contributed by atoms with Gasteiger partial charge in [0, 0.05) is 13.1 Å². The van der Waals surface area contributed by atoms with E-state index in [1.54, 1.807) is 17.0 Å². The van der Waals surface area contributed by atoms with Gasteiger partial charge in [0.25, 0.3) is 5.91 Å². The van der Waals surface area contributed by atoms with Gasteiger partial charge in [-0.3, -0.25) is 9.59 Å². The van der Waals surface area contributed by atoms with Gasteiger partial charge in [0.1, 0.15) is 0 Å². The van der Waals surface area contributed by atoms with Crippen LogP contribution in [-0.2, 0) is 4.79 Å². The van der Waals surface area contributed by atoms with Crippen LogP contribution in [0, 0.1) is 11.3 Å². The maximum absolute atomic E-state index is 12.2. The lowest BCUT2D eigenvalue weighted by Gasteiger charge is -2.39. The van der Waals surface area contributed by atoms with E-state index in [9.17, 15) is 9.59 Å². The van der Waals surface area contributed by atoms with Crippen LogP contribution in [0.4, 0.5) is 0 Å². The smallest absolute Gasteiger partial charge is 0.289 e. The van der Waals surface area contributed by atoms with Gasteiger partial charge in [0.15, 0.2) is 5.76 Å². The van der Waals surface area contributed by atoms with E-state index in [1.165, 1.54) is 19.1 Å². The largest absolute Gasteiger partial charge is 0.459 e. The second-order valence-electron chi connectivity index (χ2n) is 6.06. The van der Waals surface area contributed by atoms with Gasteiger partial charge in [-0.15, -0.1) is 0 Å². The fourth-order valence-corrected chi connectivity index (χ4v) is 3.12. The zero-order chi connectivity index (χ0) is 14.2. The third-order valence-electron chi connectivity index (χ3n) is 4.64. The van der Waals surface area contributed by atoms with Crippen LogP contribution in [-0.4, -0.2) is 29.8 Å². The molecule has 2 fully saturated rings. The molecule has 108 valence electrons. The molecule has 0 aromatic carbocycles. The molecule has 5 heteroatoms. The van der Waals surface area contributed by atoms with Gasteiger partial charge in [-0.25, -0.2) is 0 Å². The lowest BCUT2D eigenvalue weighted by Crippen LogP contribution is -2.49. The number of furan rings is 1. The summed E-state index contributed by atoms with van der Waals surface area (Å²) in [6.45, 7) is 1.16. The lowest BCUT2D eigenvalue weighted by molar-refractivity contribution is -0.131. The Balaban J connectivity index is 1.65. The third-order valence-corrected chi connectivity index (χ3v) is 4.64. The number of likely N-dealkylation sites (tertiary alicyclic amines) is 1. The zero-order valence-electron chi connectivity index (χ0n) is 11.5. The van der Waals surface area contributed by atoms with Crippen LogP contribution >= 0.6 is 0 Å². The molecule has 0 unspecified atom stereocenters. The Morgan fingerprint density at radius 3 is 2.55 bits per heavy atom. The number of carbonyl (C=O) groups is 2. The molecule has 0 bridgehead atoms. The van der Waals surface area contributed by atoms with Crippen molar-refractivity contribution in [2.45, 2.75) is 32.1 Å². The van der Waals surface area contributed by atoms with Crippen LogP contribution in [0.1, 0.15) is 42.7 Å². The molecule has 1 aliphatic heterocycles. The molecule has 3 rings (SSSR count). The Kier molecular flexibility index (Phi) is 3.28. The summed E-state index contributed by atoms with van der Waals surface area (Å²) in [5.74, 6) is 0.725. The molecule has 1 aromatic rings. The van der Waals surface area contributed by atoms with Gasteiger partial charge in [0.2, 0.25) is 5.91 Å². The van der Waals surface area contributed by atoms with E-state index in [-0.39, 0.29) is 11.8 Å². The molecule has 0 radical (unpaired) electrons. The number of primary amides is 1. The van der Waals surface area contributed by atoms with Crippen molar-refractivity contribution in [1.29, 1.82) is 0 Å². The van der Waals surface area contributed by atoms with Crippen LogP contribution in [0.5, 0.6) is 0 Å². The Labute approximate surface area is 118 Å². The highest BCUT2D eigenvalue weighted by atomic mass is 16.3. The van der Waals surface area contributed by atoms with E-state index in [0.29, 0.717) is 37.6 Å². The van der Waals surface area contributed by atoms with E-state index < -0.39 is 5.41 Å².